The van der Waals surface area contributed by atoms with Gasteiger partial charge >= 0.3 is 0 Å². The summed E-state index contributed by atoms with van der Waals surface area (Å²) < 4.78 is 10.6. The average molecular weight is 379 g/mol. The molecule has 3 rings (SSSR count). The van der Waals surface area contributed by atoms with Crippen LogP contribution in [0.25, 0.3) is 11.1 Å². The molecule has 146 valence electrons. The van der Waals surface area contributed by atoms with Crippen LogP contribution in [0.5, 0.6) is 5.75 Å². The van der Waals surface area contributed by atoms with E-state index in [1.807, 2.05) is 69.3 Å². The van der Waals surface area contributed by atoms with Crippen molar-refractivity contribution in [2.75, 3.05) is 13.7 Å². The number of benzene rings is 2. The predicted molar refractivity (Wildman–Crippen MR) is 107 cm³/mol. The number of amides is 1. The molecule has 1 aromatic heterocycles. The molecule has 0 saturated heterocycles. The van der Waals surface area contributed by atoms with E-state index in [0.29, 0.717) is 36.0 Å². The molecular weight excluding hydrogens is 354 g/mol. The topological polar surface area (TPSA) is 77.2 Å². The van der Waals surface area contributed by atoms with Crippen molar-refractivity contribution in [3.05, 3.63) is 65.8 Å². The molecule has 0 saturated carbocycles. The molecule has 0 aliphatic heterocycles. The summed E-state index contributed by atoms with van der Waals surface area (Å²) in [4.78, 5) is 17.1. The smallest absolute Gasteiger partial charge is 0.255 e. The van der Waals surface area contributed by atoms with Gasteiger partial charge in [0.15, 0.2) is 5.82 Å². The van der Waals surface area contributed by atoms with Gasteiger partial charge in [0.05, 0.1) is 12.7 Å². The molecular formula is C22H25N3O3. The molecule has 0 aliphatic rings. The van der Waals surface area contributed by atoms with Crippen LogP contribution in [-0.4, -0.2) is 29.7 Å². The molecule has 1 amide bonds. The Kier molecular flexibility index (Phi) is 5.78. The molecule has 0 spiro atoms. The van der Waals surface area contributed by atoms with Gasteiger partial charge in [0, 0.05) is 18.4 Å². The van der Waals surface area contributed by atoms with Crippen molar-refractivity contribution in [2.45, 2.75) is 32.6 Å². The maximum Gasteiger partial charge on any atom is 0.255 e. The van der Waals surface area contributed by atoms with Gasteiger partial charge in [0.25, 0.3) is 5.91 Å². The van der Waals surface area contributed by atoms with Crippen molar-refractivity contribution >= 4 is 5.91 Å². The molecule has 2 aromatic carbocycles. The van der Waals surface area contributed by atoms with E-state index in [9.17, 15) is 4.79 Å². The molecule has 6 nitrogen and oxygen atoms in total. The lowest BCUT2D eigenvalue weighted by atomic mass is 9.97. The number of aromatic nitrogens is 2. The molecule has 1 N–H and O–H groups in total. The number of rotatable bonds is 6. The summed E-state index contributed by atoms with van der Waals surface area (Å²) in [5.41, 5.74) is 2.30. The predicted octanol–water partition coefficient (Wildman–Crippen LogP) is 4.02. The van der Waals surface area contributed by atoms with Crippen LogP contribution < -0.4 is 10.1 Å². The second-order valence-electron chi connectivity index (χ2n) is 7.55. The van der Waals surface area contributed by atoms with Gasteiger partial charge in [-0.25, -0.2) is 0 Å². The fourth-order valence-corrected chi connectivity index (χ4v) is 2.74. The van der Waals surface area contributed by atoms with Crippen molar-refractivity contribution in [1.82, 2.24) is 15.5 Å². The number of nitrogens with one attached hydrogen (secondary N) is 1. The number of methoxy groups -OCH3 is 1. The van der Waals surface area contributed by atoms with Gasteiger partial charge in [0.2, 0.25) is 5.89 Å². The molecule has 0 bridgehead atoms. The third kappa shape index (κ3) is 4.57. The van der Waals surface area contributed by atoms with Crippen LogP contribution in [0.3, 0.4) is 0 Å². The van der Waals surface area contributed by atoms with E-state index in [4.69, 9.17) is 9.26 Å². The molecule has 0 aliphatic carbocycles. The number of hydrogen-bond donors (Lipinski definition) is 1. The SMILES string of the molecule is COc1ccc(-c2ccccc2)cc1C(=O)NCCc1noc(C(C)(C)C)n1. The Morgan fingerprint density at radius 3 is 2.50 bits per heavy atom. The highest BCUT2D eigenvalue weighted by Crippen LogP contribution is 2.26. The van der Waals surface area contributed by atoms with Crippen molar-refractivity contribution in [2.24, 2.45) is 0 Å². The maximum atomic E-state index is 12.7. The van der Waals surface area contributed by atoms with Crippen LogP contribution >= 0.6 is 0 Å². The highest BCUT2D eigenvalue weighted by Gasteiger charge is 2.21. The zero-order valence-corrected chi connectivity index (χ0v) is 16.7. The van der Waals surface area contributed by atoms with Crippen molar-refractivity contribution < 1.29 is 14.1 Å². The highest BCUT2D eigenvalue weighted by atomic mass is 16.5. The van der Waals surface area contributed by atoms with Crippen molar-refractivity contribution in [3.63, 3.8) is 0 Å². The summed E-state index contributed by atoms with van der Waals surface area (Å²) in [7, 11) is 1.56. The molecule has 0 atom stereocenters. The first-order valence-electron chi connectivity index (χ1n) is 9.23. The van der Waals surface area contributed by atoms with Gasteiger partial charge in [-0.2, -0.15) is 4.98 Å². The molecule has 0 unspecified atom stereocenters. The largest absolute Gasteiger partial charge is 0.496 e. The van der Waals surface area contributed by atoms with Crippen LogP contribution in [0.1, 0.15) is 42.8 Å². The van der Waals surface area contributed by atoms with Crippen LogP contribution in [0.4, 0.5) is 0 Å². The summed E-state index contributed by atoms with van der Waals surface area (Å²) in [5, 5.41) is 6.89. The molecule has 28 heavy (non-hydrogen) atoms. The minimum Gasteiger partial charge on any atom is -0.496 e. The van der Waals surface area contributed by atoms with E-state index in [0.717, 1.165) is 11.1 Å². The number of carbonyl (C=O) groups excluding carboxylic acids is 1. The number of hydrogen-bond acceptors (Lipinski definition) is 5. The van der Waals surface area contributed by atoms with Crippen LogP contribution in [-0.2, 0) is 11.8 Å². The van der Waals surface area contributed by atoms with Gasteiger partial charge in [-0.05, 0) is 23.3 Å². The summed E-state index contributed by atoms with van der Waals surface area (Å²) in [6.45, 7) is 6.44. The van der Waals surface area contributed by atoms with Crippen molar-refractivity contribution in [1.29, 1.82) is 0 Å². The Morgan fingerprint density at radius 2 is 1.86 bits per heavy atom. The minimum absolute atomic E-state index is 0.195. The van der Waals surface area contributed by atoms with E-state index in [-0.39, 0.29) is 11.3 Å². The average Bonchev–Trinajstić information content (AvgIpc) is 3.17. The summed E-state index contributed by atoms with van der Waals surface area (Å²) in [5.74, 6) is 1.50. The zero-order valence-electron chi connectivity index (χ0n) is 16.7. The van der Waals surface area contributed by atoms with Crippen LogP contribution in [0.15, 0.2) is 53.1 Å². The summed E-state index contributed by atoms with van der Waals surface area (Å²) in [6.07, 6.45) is 0.492. The number of carbonyl (C=O) groups is 1. The first-order chi connectivity index (χ1) is 13.4. The Hall–Kier alpha value is -3.15. The summed E-state index contributed by atoms with van der Waals surface area (Å²) >= 11 is 0. The second-order valence-corrected chi connectivity index (χ2v) is 7.55. The lowest BCUT2D eigenvalue weighted by Gasteiger charge is -2.11. The monoisotopic (exact) mass is 379 g/mol. The number of nitrogens with zero attached hydrogens (tertiary/aromatic N) is 2. The highest BCUT2D eigenvalue weighted by molar-refractivity contribution is 5.98. The Labute approximate surface area is 164 Å². The maximum absolute atomic E-state index is 12.7. The van der Waals surface area contributed by atoms with Crippen LogP contribution in [0, 0.1) is 0 Å². The molecule has 3 aromatic rings. The van der Waals surface area contributed by atoms with Crippen LogP contribution in [0.2, 0.25) is 0 Å². The van der Waals surface area contributed by atoms with Gasteiger partial charge in [-0.1, -0.05) is 62.3 Å². The van der Waals surface area contributed by atoms with E-state index >= 15 is 0 Å². The molecule has 0 radical (unpaired) electrons. The molecule has 0 fully saturated rings. The Morgan fingerprint density at radius 1 is 1.11 bits per heavy atom. The van der Waals surface area contributed by atoms with E-state index in [2.05, 4.69) is 15.5 Å². The fraction of sp³-hybridized carbons (Fsp3) is 0.318. The first-order valence-corrected chi connectivity index (χ1v) is 9.23. The third-order valence-electron chi connectivity index (χ3n) is 4.30. The van der Waals surface area contributed by atoms with E-state index in [1.165, 1.54) is 0 Å². The zero-order chi connectivity index (χ0) is 20.1. The van der Waals surface area contributed by atoms with Gasteiger partial charge in [0.1, 0.15) is 5.75 Å². The first kappa shape index (κ1) is 19.6. The second kappa shape index (κ2) is 8.25. The molecule has 6 heteroatoms. The Balaban J connectivity index is 1.69. The summed E-state index contributed by atoms with van der Waals surface area (Å²) in [6, 6.07) is 15.5. The minimum atomic E-state index is -0.200. The fourth-order valence-electron chi connectivity index (χ4n) is 2.74. The Bertz CT molecular complexity index is 943. The lowest BCUT2D eigenvalue weighted by molar-refractivity contribution is 0.0951. The van der Waals surface area contributed by atoms with Crippen molar-refractivity contribution in [3.8, 4) is 16.9 Å². The normalized spacial score (nSPS) is 11.3. The quantitative estimate of drug-likeness (QED) is 0.700. The van der Waals surface area contributed by atoms with E-state index < -0.39 is 0 Å². The third-order valence-corrected chi connectivity index (χ3v) is 4.30. The standard InChI is InChI=1S/C22H25N3O3/c1-22(2,3)21-24-19(25-28-21)12-13-23-20(26)17-14-16(10-11-18(17)27-4)15-8-6-5-7-9-15/h5-11,14H,12-13H2,1-4H3,(H,23,26). The number of ether oxygens (including phenoxy) is 1. The lowest BCUT2D eigenvalue weighted by Crippen LogP contribution is -2.26. The van der Waals surface area contributed by atoms with Gasteiger partial charge in [-0.15, -0.1) is 0 Å². The van der Waals surface area contributed by atoms with Gasteiger partial charge in [-0.3, -0.25) is 4.79 Å². The van der Waals surface area contributed by atoms with Gasteiger partial charge < -0.3 is 14.6 Å². The molecule has 1 heterocycles. The van der Waals surface area contributed by atoms with E-state index in [1.54, 1.807) is 7.11 Å².